The maximum Gasteiger partial charge on any atom is 0.190 e. The van der Waals surface area contributed by atoms with Crippen molar-refractivity contribution < 1.29 is 0 Å². The van der Waals surface area contributed by atoms with Crippen molar-refractivity contribution >= 4 is 50.8 Å². The van der Waals surface area contributed by atoms with Crippen LogP contribution in [-0.2, 0) is 11.8 Å². The van der Waals surface area contributed by atoms with Crippen molar-refractivity contribution in [2.75, 3.05) is 17.7 Å². The molecule has 132 valence electrons. The molecule has 0 amide bonds. The van der Waals surface area contributed by atoms with Crippen molar-refractivity contribution in [3.05, 3.63) is 35.0 Å². The molecule has 0 fully saturated rings. The summed E-state index contributed by atoms with van der Waals surface area (Å²) in [6, 6.07) is 4.04. The number of anilines is 1. The van der Waals surface area contributed by atoms with Crippen LogP contribution in [0.3, 0.4) is 0 Å². The molecule has 3 aromatic heterocycles. The maximum atomic E-state index is 5.84. The molecule has 3 rings (SSSR count). The second-order valence-electron chi connectivity index (χ2n) is 6.79. The normalized spacial score (nSPS) is 12.0. The average Bonchev–Trinajstić information content (AvgIpc) is 2.97. The highest BCUT2D eigenvalue weighted by molar-refractivity contribution is 7.99. The highest BCUT2D eigenvalue weighted by atomic mass is 32.2. The number of nitrogens with zero attached hydrogens (tertiary/aromatic N) is 3. The van der Waals surface area contributed by atoms with Crippen LogP contribution in [0.2, 0.25) is 0 Å². The standard InChI is InChI=1S/C18H22N4S3/c1-18(2,3)13-10-25-14-9-20-11(7-12(13)14)5-6-24-17-21-15(19)8-16(22-17)23-4/h7-10H,5-6H2,1-4H3,(H2,19,21,22). The maximum absolute atomic E-state index is 5.84. The fourth-order valence-electron chi connectivity index (χ4n) is 2.53. The second-order valence-corrected chi connectivity index (χ2v) is 9.59. The summed E-state index contributed by atoms with van der Waals surface area (Å²) in [5.74, 6) is 1.40. The van der Waals surface area contributed by atoms with Gasteiger partial charge in [-0.3, -0.25) is 4.98 Å². The quantitative estimate of drug-likeness (QED) is 0.375. The first-order chi connectivity index (χ1) is 11.9. The van der Waals surface area contributed by atoms with E-state index < -0.39 is 0 Å². The van der Waals surface area contributed by atoms with Crippen molar-refractivity contribution in [1.82, 2.24) is 15.0 Å². The largest absolute Gasteiger partial charge is 0.384 e. The molecule has 0 aliphatic carbocycles. The van der Waals surface area contributed by atoms with Crippen molar-refractivity contribution in [3.8, 4) is 0 Å². The summed E-state index contributed by atoms with van der Waals surface area (Å²) in [5.41, 5.74) is 8.49. The van der Waals surface area contributed by atoms with E-state index in [-0.39, 0.29) is 5.41 Å². The Bertz CT molecular complexity index is 884. The van der Waals surface area contributed by atoms with E-state index in [2.05, 4.69) is 47.2 Å². The lowest BCUT2D eigenvalue weighted by Crippen LogP contribution is -2.10. The zero-order valence-electron chi connectivity index (χ0n) is 14.9. The third kappa shape index (κ3) is 4.46. The van der Waals surface area contributed by atoms with Gasteiger partial charge in [0.05, 0.1) is 4.70 Å². The van der Waals surface area contributed by atoms with Gasteiger partial charge in [0.25, 0.3) is 0 Å². The molecule has 0 bridgehead atoms. The SMILES string of the molecule is CSc1cc(N)nc(SCCc2cc3c(C(C)(C)C)csc3cn2)n1. The highest BCUT2D eigenvalue weighted by Gasteiger charge is 2.18. The number of aryl methyl sites for hydroxylation is 1. The van der Waals surface area contributed by atoms with Gasteiger partial charge in [-0.15, -0.1) is 23.1 Å². The highest BCUT2D eigenvalue weighted by Crippen LogP contribution is 2.34. The lowest BCUT2D eigenvalue weighted by atomic mass is 9.87. The number of hydrogen-bond donors (Lipinski definition) is 1. The van der Waals surface area contributed by atoms with Gasteiger partial charge in [-0.1, -0.05) is 32.5 Å². The van der Waals surface area contributed by atoms with Gasteiger partial charge in [0.15, 0.2) is 5.16 Å². The minimum atomic E-state index is 0.148. The molecular weight excluding hydrogens is 368 g/mol. The Kier molecular flexibility index (Phi) is 5.55. The zero-order valence-corrected chi connectivity index (χ0v) is 17.3. The molecule has 0 saturated carbocycles. The Morgan fingerprint density at radius 1 is 1.20 bits per heavy atom. The molecular formula is C18H22N4S3. The predicted octanol–water partition coefficient (Wildman–Crippen LogP) is 5.02. The van der Waals surface area contributed by atoms with Gasteiger partial charge >= 0.3 is 0 Å². The topological polar surface area (TPSA) is 64.7 Å². The Morgan fingerprint density at radius 3 is 2.72 bits per heavy atom. The molecule has 3 heterocycles. The summed E-state index contributed by atoms with van der Waals surface area (Å²) in [7, 11) is 0. The third-order valence-corrected chi connectivity index (χ3v) is 6.24. The van der Waals surface area contributed by atoms with Gasteiger partial charge in [0.1, 0.15) is 10.8 Å². The van der Waals surface area contributed by atoms with Crippen LogP contribution in [0, 0.1) is 0 Å². The Labute approximate surface area is 161 Å². The van der Waals surface area contributed by atoms with E-state index in [1.165, 1.54) is 15.6 Å². The van der Waals surface area contributed by atoms with Crippen LogP contribution >= 0.6 is 34.9 Å². The van der Waals surface area contributed by atoms with Crippen molar-refractivity contribution in [1.29, 1.82) is 0 Å². The fraction of sp³-hybridized carbons (Fsp3) is 0.389. The molecule has 0 unspecified atom stereocenters. The average molecular weight is 391 g/mol. The Hall–Kier alpha value is -1.31. The first kappa shape index (κ1) is 18.5. The lowest BCUT2D eigenvalue weighted by molar-refractivity contribution is 0.598. The van der Waals surface area contributed by atoms with Crippen LogP contribution in [0.1, 0.15) is 32.0 Å². The van der Waals surface area contributed by atoms with Crippen LogP contribution < -0.4 is 5.73 Å². The van der Waals surface area contributed by atoms with Gasteiger partial charge in [0.2, 0.25) is 0 Å². The Morgan fingerprint density at radius 2 is 2.00 bits per heavy atom. The van der Waals surface area contributed by atoms with E-state index in [0.717, 1.165) is 28.0 Å². The van der Waals surface area contributed by atoms with Crippen molar-refractivity contribution in [2.45, 2.75) is 42.8 Å². The molecule has 7 heteroatoms. The summed E-state index contributed by atoms with van der Waals surface area (Å²) >= 11 is 4.97. The molecule has 0 spiro atoms. The molecule has 25 heavy (non-hydrogen) atoms. The summed E-state index contributed by atoms with van der Waals surface area (Å²) < 4.78 is 1.25. The summed E-state index contributed by atoms with van der Waals surface area (Å²) in [5, 5.41) is 5.23. The minimum Gasteiger partial charge on any atom is -0.384 e. The number of thioether (sulfide) groups is 2. The van der Waals surface area contributed by atoms with Gasteiger partial charge in [-0.05, 0) is 40.5 Å². The van der Waals surface area contributed by atoms with Crippen molar-refractivity contribution in [3.63, 3.8) is 0 Å². The van der Waals surface area contributed by atoms with E-state index in [1.807, 2.05) is 12.5 Å². The zero-order chi connectivity index (χ0) is 18.0. The number of nitrogens with two attached hydrogens (primary N) is 1. The first-order valence-electron chi connectivity index (χ1n) is 8.05. The van der Waals surface area contributed by atoms with E-state index in [9.17, 15) is 0 Å². The lowest BCUT2D eigenvalue weighted by Gasteiger charge is -2.17. The summed E-state index contributed by atoms with van der Waals surface area (Å²) in [6.07, 6.45) is 4.87. The van der Waals surface area contributed by atoms with Crippen LogP contribution in [0.4, 0.5) is 5.82 Å². The summed E-state index contributed by atoms with van der Waals surface area (Å²) in [4.78, 5) is 13.4. The number of rotatable bonds is 5. The van der Waals surface area contributed by atoms with E-state index in [0.29, 0.717) is 5.82 Å². The predicted molar refractivity (Wildman–Crippen MR) is 111 cm³/mol. The van der Waals surface area contributed by atoms with E-state index >= 15 is 0 Å². The van der Waals surface area contributed by atoms with Gasteiger partial charge in [-0.25, -0.2) is 9.97 Å². The van der Waals surface area contributed by atoms with E-state index in [1.54, 1.807) is 40.9 Å². The molecule has 0 atom stereocenters. The summed E-state index contributed by atoms with van der Waals surface area (Å²) in [6.45, 7) is 6.76. The number of nitrogen functional groups attached to an aromatic ring is 1. The second kappa shape index (κ2) is 7.51. The van der Waals surface area contributed by atoms with Gasteiger partial charge < -0.3 is 5.73 Å². The van der Waals surface area contributed by atoms with Crippen molar-refractivity contribution in [2.24, 2.45) is 0 Å². The number of thiophene rings is 1. The number of hydrogen-bond acceptors (Lipinski definition) is 7. The smallest absolute Gasteiger partial charge is 0.190 e. The molecule has 3 aromatic rings. The van der Waals surface area contributed by atoms with E-state index in [4.69, 9.17) is 5.73 Å². The van der Waals surface area contributed by atoms with Gasteiger partial charge in [0, 0.05) is 23.7 Å². The fourth-order valence-corrected chi connectivity index (χ4v) is 4.97. The Balaban J connectivity index is 1.72. The number of aromatic nitrogens is 3. The molecule has 0 radical (unpaired) electrons. The molecule has 2 N–H and O–H groups in total. The molecule has 0 aromatic carbocycles. The van der Waals surface area contributed by atoms with Crippen LogP contribution in [0.15, 0.2) is 33.9 Å². The van der Waals surface area contributed by atoms with Gasteiger partial charge in [-0.2, -0.15) is 0 Å². The minimum absolute atomic E-state index is 0.148. The monoisotopic (exact) mass is 390 g/mol. The number of fused-ring (bicyclic) bond motifs is 1. The molecule has 4 nitrogen and oxygen atoms in total. The molecule has 0 aliphatic rings. The van der Waals surface area contributed by atoms with Crippen LogP contribution in [0.25, 0.3) is 10.1 Å². The molecule has 0 saturated heterocycles. The third-order valence-electron chi connectivity index (χ3n) is 3.83. The van der Waals surface area contributed by atoms with Crippen LogP contribution in [0.5, 0.6) is 0 Å². The number of pyridine rings is 1. The van der Waals surface area contributed by atoms with Crippen LogP contribution in [-0.4, -0.2) is 27.0 Å². The molecule has 0 aliphatic heterocycles. The first-order valence-corrected chi connectivity index (χ1v) is 11.1.